The van der Waals surface area contributed by atoms with E-state index in [9.17, 15) is 13.2 Å². The van der Waals surface area contributed by atoms with Crippen LogP contribution in [-0.4, -0.2) is 12.6 Å². The maximum Gasteiger partial charge on any atom is 0.416 e. The SMILES string of the molecule is N#CCN[C@@H]1CCC[C@H]1c1cccc(C(F)(F)F)c1. The molecule has 1 saturated carbocycles. The maximum atomic E-state index is 12.7. The highest BCUT2D eigenvalue weighted by Crippen LogP contribution is 2.37. The van der Waals surface area contributed by atoms with Gasteiger partial charge in [0, 0.05) is 6.04 Å². The number of rotatable bonds is 3. The molecule has 0 saturated heterocycles. The van der Waals surface area contributed by atoms with Crippen LogP contribution in [-0.2, 0) is 6.18 Å². The first-order valence-electron chi connectivity index (χ1n) is 6.30. The van der Waals surface area contributed by atoms with E-state index in [4.69, 9.17) is 5.26 Å². The van der Waals surface area contributed by atoms with E-state index in [1.54, 1.807) is 6.07 Å². The average Bonchev–Trinajstić information content (AvgIpc) is 2.83. The van der Waals surface area contributed by atoms with Crippen molar-refractivity contribution in [1.82, 2.24) is 5.32 Å². The first-order chi connectivity index (χ1) is 9.02. The van der Waals surface area contributed by atoms with Gasteiger partial charge in [-0.25, -0.2) is 0 Å². The van der Waals surface area contributed by atoms with Crippen molar-refractivity contribution in [2.24, 2.45) is 0 Å². The average molecular weight is 268 g/mol. The van der Waals surface area contributed by atoms with Crippen LogP contribution in [0.15, 0.2) is 24.3 Å². The third kappa shape index (κ3) is 3.27. The zero-order valence-electron chi connectivity index (χ0n) is 10.4. The van der Waals surface area contributed by atoms with Gasteiger partial charge in [-0.05, 0) is 30.4 Å². The van der Waals surface area contributed by atoms with Gasteiger partial charge in [-0.2, -0.15) is 18.4 Å². The summed E-state index contributed by atoms with van der Waals surface area (Å²) in [5.74, 6) is 0.0654. The molecular weight excluding hydrogens is 253 g/mol. The lowest BCUT2D eigenvalue weighted by Gasteiger charge is -2.21. The molecule has 1 aliphatic carbocycles. The highest BCUT2D eigenvalue weighted by molar-refractivity contribution is 5.30. The van der Waals surface area contributed by atoms with Crippen LogP contribution < -0.4 is 5.32 Å². The molecule has 0 bridgehead atoms. The van der Waals surface area contributed by atoms with Crippen molar-refractivity contribution in [2.45, 2.75) is 37.4 Å². The van der Waals surface area contributed by atoms with Crippen molar-refractivity contribution in [1.29, 1.82) is 5.26 Å². The predicted molar refractivity (Wildman–Crippen MR) is 65.4 cm³/mol. The molecule has 2 nitrogen and oxygen atoms in total. The number of halogens is 3. The molecule has 0 aliphatic heterocycles. The normalized spacial score (nSPS) is 23.3. The van der Waals surface area contributed by atoms with Gasteiger partial charge in [0.15, 0.2) is 0 Å². The van der Waals surface area contributed by atoms with Crippen molar-refractivity contribution in [3.63, 3.8) is 0 Å². The van der Waals surface area contributed by atoms with Crippen molar-refractivity contribution < 1.29 is 13.2 Å². The van der Waals surface area contributed by atoms with Gasteiger partial charge in [0.2, 0.25) is 0 Å². The Hall–Kier alpha value is -1.54. The van der Waals surface area contributed by atoms with Gasteiger partial charge in [-0.15, -0.1) is 0 Å². The van der Waals surface area contributed by atoms with Crippen LogP contribution >= 0.6 is 0 Å². The topological polar surface area (TPSA) is 35.8 Å². The second kappa shape index (κ2) is 5.62. The standard InChI is InChI=1S/C14H15F3N2/c15-14(16,17)11-4-1-3-10(9-11)12-5-2-6-13(12)19-8-7-18/h1,3-4,9,12-13,19H,2,5-6,8H2/t12-,13+/m0/s1. The highest BCUT2D eigenvalue weighted by Gasteiger charge is 2.33. The quantitative estimate of drug-likeness (QED) is 0.852. The smallest absolute Gasteiger partial charge is 0.301 e. The minimum absolute atomic E-state index is 0.0654. The second-order valence-corrected chi connectivity index (χ2v) is 4.81. The molecule has 0 heterocycles. The molecule has 0 amide bonds. The summed E-state index contributed by atoms with van der Waals surface area (Å²) < 4.78 is 38.1. The molecule has 0 radical (unpaired) electrons. The van der Waals surface area contributed by atoms with Crippen LogP contribution in [0.1, 0.15) is 36.3 Å². The van der Waals surface area contributed by atoms with Crippen molar-refractivity contribution in [2.75, 3.05) is 6.54 Å². The summed E-state index contributed by atoms with van der Waals surface area (Å²) in [6.45, 7) is 0.236. The molecule has 2 atom stereocenters. The zero-order valence-corrected chi connectivity index (χ0v) is 10.4. The van der Waals surface area contributed by atoms with Crippen LogP contribution in [0.25, 0.3) is 0 Å². The summed E-state index contributed by atoms with van der Waals surface area (Å²) in [4.78, 5) is 0. The largest absolute Gasteiger partial charge is 0.416 e. The molecule has 0 spiro atoms. The Kier molecular flexibility index (Phi) is 4.11. The van der Waals surface area contributed by atoms with Gasteiger partial charge in [-0.1, -0.05) is 24.6 Å². The number of hydrogen-bond donors (Lipinski definition) is 1. The van der Waals surface area contributed by atoms with E-state index in [0.29, 0.717) is 5.56 Å². The van der Waals surface area contributed by atoms with Gasteiger partial charge >= 0.3 is 6.18 Å². The molecule has 19 heavy (non-hydrogen) atoms. The van der Waals surface area contributed by atoms with Crippen molar-refractivity contribution >= 4 is 0 Å². The molecule has 1 aromatic rings. The van der Waals surface area contributed by atoms with E-state index in [1.165, 1.54) is 12.1 Å². The van der Waals surface area contributed by atoms with E-state index >= 15 is 0 Å². The summed E-state index contributed by atoms with van der Waals surface area (Å²) in [6.07, 6.45) is -1.55. The Morgan fingerprint density at radius 1 is 1.32 bits per heavy atom. The van der Waals surface area contributed by atoms with Crippen molar-refractivity contribution in [3.05, 3.63) is 35.4 Å². The van der Waals surface area contributed by atoms with E-state index in [2.05, 4.69) is 5.32 Å². The van der Waals surface area contributed by atoms with E-state index in [-0.39, 0.29) is 18.5 Å². The molecule has 1 N–H and O–H groups in total. The number of benzene rings is 1. The van der Waals surface area contributed by atoms with Gasteiger partial charge < -0.3 is 5.32 Å². The highest BCUT2D eigenvalue weighted by atomic mass is 19.4. The first-order valence-corrected chi connectivity index (χ1v) is 6.30. The third-order valence-corrected chi connectivity index (χ3v) is 3.60. The Bertz CT molecular complexity index is 476. The second-order valence-electron chi connectivity index (χ2n) is 4.81. The number of hydrogen-bond acceptors (Lipinski definition) is 2. The summed E-state index contributed by atoms with van der Waals surface area (Å²) in [7, 11) is 0. The Labute approximate surface area is 110 Å². The molecule has 5 heteroatoms. The molecule has 2 rings (SSSR count). The lowest BCUT2D eigenvalue weighted by molar-refractivity contribution is -0.137. The van der Waals surface area contributed by atoms with Gasteiger partial charge in [0.25, 0.3) is 0 Å². The van der Waals surface area contributed by atoms with Crippen LogP contribution in [0.3, 0.4) is 0 Å². The third-order valence-electron chi connectivity index (χ3n) is 3.60. The number of nitrogens with one attached hydrogen (secondary N) is 1. The fourth-order valence-electron chi connectivity index (χ4n) is 2.73. The Morgan fingerprint density at radius 3 is 2.79 bits per heavy atom. The molecule has 0 aromatic heterocycles. The monoisotopic (exact) mass is 268 g/mol. The molecule has 1 aliphatic rings. The Morgan fingerprint density at radius 2 is 2.11 bits per heavy atom. The van der Waals surface area contributed by atoms with Crippen molar-refractivity contribution in [3.8, 4) is 6.07 Å². The summed E-state index contributed by atoms with van der Waals surface area (Å²) in [6, 6.07) is 7.64. The summed E-state index contributed by atoms with van der Waals surface area (Å²) >= 11 is 0. The van der Waals surface area contributed by atoms with Crippen LogP contribution in [0.2, 0.25) is 0 Å². The molecule has 1 aromatic carbocycles. The van der Waals surface area contributed by atoms with E-state index in [0.717, 1.165) is 25.3 Å². The lowest BCUT2D eigenvalue weighted by atomic mass is 9.92. The minimum Gasteiger partial charge on any atom is -0.301 e. The predicted octanol–water partition coefficient (Wildman–Crippen LogP) is 3.45. The van der Waals surface area contributed by atoms with Gasteiger partial charge in [0.1, 0.15) is 0 Å². The molecule has 102 valence electrons. The zero-order chi connectivity index (χ0) is 13.9. The van der Waals surface area contributed by atoms with Crippen LogP contribution in [0, 0.1) is 11.3 Å². The number of nitriles is 1. The lowest BCUT2D eigenvalue weighted by Crippen LogP contribution is -2.31. The number of alkyl halides is 3. The fourth-order valence-corrected chi connectivity index (χ4v) is 2.73. The number of nitrogens with zero attached hydrogens (tertiary/aromatic N) is 1. The van der Waals surface area contributed by atoms with Crippen LogP contribution in [0.5, 0.6) is 0 Å². The van der Waals surface area contributed by atoms with E-state index in [1.807, 2.05) is 6.07 Å². The van der Waals surface area contributed by atoms with E-state index < -0.39 is 11.7 Å². The van der Waals surface area contributed by atoms with Gasteiger partial charge in [0.05, 0.1) is 18.2 Å². The molecule has 0 unspecified atom stereocenters. The van der Waals surface area contributed by atoms with Gasteiger partial charge in [-0.3, -0.25) is 0 Å². The minimum atomic E-state index is -4.30. The molecule has 1 fully saturated rings. The fraction of sp³-hybridized carbons (Fsp3) is 0.500. The molecular formula is C14H15F3N2. The van der Waals surface area contributed by atoms with Crippen LogP contribution in [0.4, 0.5) is 13.2 Å². The maximum absolute atomic E-state index is 12.7. The summed E-state index contributed by atoms with van der Waals surface area (Å²) in [5, 5.41) is 11.7. The Balaban J connectivity index is 2.19. The summed E-state index contributed by atoms with van der Waals surface area (Å²) in [5.41, 5.74) is 0.110. The first kappa shape index (κ1) is 13.9.